The van der Waals surface area contributed by atoms with Crippen molar-refractivity contribution in [3.05, 3.63) is 29.3 Å². The minimum atomic E-state index is -0.198. The molecule has 0 unspecified atom stereocenters. The summed E-state index contributed by atoms with van der Waals surface area (Å²) in [7, 11) is 1.67. The summed E-state index contributed by atoms with van der Waals surface area (Å²) in [5.74, 6) is 0.920. The topological polar surface area (TPSA) is 60.2 Å². The van der Waals surface area contributed by atoms with Crippen LogP contribution in [0.5, 0.6) is 0 Å². The van der Waals surface area contributed by atoms with Crippen LogP contribution >= 0.6 is 23.4 Å². The Morgan fingerprint density at radius 3 is 2.62 bits per heavy atom. The molecular weight excluding hydrogens is 372 g/mol. The highest BCUT2D eigenvalue weighted by Gasteiger charge is 2.26. The van der Waals surface area contributed by atoms with Gasteiger partial charge in [-0.3, -0.25) is 9.36 Å². The quantitative estimate of drug-likeness (QED) is 0.674. The Kier molecular flexibility index (Phi) is 6.56. The van der Waals surface area contributed by atoms with E-state index in [4.69, 9.17) is 16.3 Å². The summed E-state index contributed by atoms with van der Waals surface area (Å²) in [6, 6.07) is 7.50. The number of amides is 1. The molecule has 1 saturated heterocycles. The number of hydrogen-bond acceptors (Lipinski definition) is 5. The Labute approximate surface area is 162 Å². The van der Waals surface area contributed by atoms with E-state index in [0.717, 1.165) is 42.5 Å². The van der Waals surface area contributed by atoms with Crippen LogP contribution in [0.15, 0.2) is 29.4 Å². The van der Waals surface area contributed by atoms with Crippen LogP contribution in [0.2, 0.25) is 5.02 Å². The van der Waals surface area contributed by atoms with Gasteiger partial charge in [-0.05, 0) is 44.0 Å². The summed E-state index contributed by atoms with van der Waals surface area (Å²) in [6.45, 7) is 4.81. The second-order valence-electron chi connectivity index (χ2n) is 6.25. The number of rotatable bonds is 7. The fraction of sp³-hybridized carbons (Fsp3) is 0.500. The van der Waals surface area contributed by atoms with Gasteiger partial charge in [0.1, 0.15) is 0 Å². The van der Waals surface area contributed by atoms with Crippen LogP contribution in [0.25, 0.3) is 11.4 Å². The van der Waals surface area contributed by atoms with Crippen LogP contribution in [0, 0.1) is 0 Å². The molecule has 2 aromatic rings. The van der Waals surface area contributed by atoms with E-state index >= 15 is 0 Å². The van der Waals surface area contributed by atoms with Crippen molar-refractivity contribution in [2.75, 3.05) is 26.8 Å². The number of ether oxygens (including phenoxy) is 1. The average Bonchev–Trinajstić information content (AvgIpc) is 3.30. The molecule has 0 N–H and O–H groups in total. The summed E-state index contributed by atoms with van der Waals surface area (Å²) in [6.07, 6.45) is 2.18. The average molecular weight is 395 g/mol. The normalized spacial score (nSPS) is 15.4. The van der Waals surface area contributed by atoms with Crippen molar-refractivity contribution >= 4 is 29.3 Å². The van der Waals surface area contributed by atoms with Crippen molar-refractivity contribution in [1.29, 1.82) is 0 Å². The number of nitrogens with zero attached hydrogens (tertiary/aromatic N) is 4. The fourth-order valence-corrected chi connectivity index (χ4v) is 4.06. The first-order chi connectivity index (χ1) is 12.6. The third-order valence-corrected chi connectivity index (χ3v) is 5.71. The predicted octanol–water partition coefficient (Wildman–Crippen LogP) is 3.35. The Bertz CT molecular complexity index is 744. The third kappa shape index (κ3) is 4.39. The number of halogens is 1. The summed E-state index contributed by atoms with van der Waals surface area (Å²) in [5.41, 5.74) is 0.934. The van der Waals surface area contributed by atoms with Gasteiger partial charge >= 0.3 is 0 Å². The molecule has 0 radical (unpaired) electrons. The molecule has 8 heteroatoms. The van der Waals surface area contributed by atoms with Crippen molar-refractivity contribution in [2.45, 2.75) is 36.7 Å². The number of aromatic nitrogens is 3. The van der Waals surface area contributed by atoms with E-state index in [1.54, 1.807) is 7.11 Å². The van der Waals surface area contributed by atoms with E-state index in [0.29, 0.717) is 18.2 Å². The first kappa shape index (κ1) is 19.2. The summed E-state index contributed by atoms with van der Waals surface area (Å²) >= 11 is 7.44. The SMILES string of the molecule is COCCn1c(S[C@H](C)C(=O)N2CCCC2)nnc1-c1ccc(Cl)cc1. The second-order valence-corrected chi connectivity index (χ2v) is 7.99. The van der Waals surface area contributed by atoms with Gasteiger partial charge in [-0.15, -0.1) is 10.2 Å². The molecule has 26 heavy (non-hydrogen) atoms. The molecule has 1 atom stereocenters. The molecule has 0 aliphatic carbocycles. The van der Waals surface area contributed by atoms with Gasteiger partial charge in [-0.2, -0.15) is 0 Å². The van der Waals surface area contributed by atoms with Gasteiger partial charge in [0, 0.05) is 30.8 Å². The third-order valence-electron chi connectivity index (χ3n) is 4.39. The van der Waals surface area contributed by atoms with Crippen molar-refractivity contribution < 1.29 is 9.53 Å². The zero-order valence-electron chi connectivity index (χ0n) is 15.0. The smallest absolute Gasteiger partial charge is 0.235 e. The van der Waals surface area contributed by atoms with Gasteiger partial charge in [0.15, 0.2) is 11.0 Å². The molecule has 3 rings (SSSR count). The minimum absolute atomic E-state index is 0.168. The molecule has 0 bridgehead atoms. The van der Waals surface area contributed by atoms with E-state index in [2.05, 4.69) is 10.2 Å². The maximum atomic E-state index is 12.6. The van der Waals surface area contributed by atoms with Crippen molar-refractivity contribution in [2.24, 2.45) is 0 Å². The van der Waals surface area contributed by atoms with Crippen LogP contribution in [0.4, 0.5) is 0 Å². The van der Waals surface area contributed by atoms with E-state index in [-0.39, 0.29) is 11.2 Å². The van der Waals surface area contributed by atoms with E-state index in [1.165, 1.54) is 11.8 Å². The molecule has 1 aromatic heterocycles. The molecule has 1 aliphatic rings. The lowest BCUT2D eigenvalue weighted by atomic mass is 10.2. The van der Waals surface area contributed by atoms with Crippen LogP contribution in [0.3, 0.4) is 0 Å². The summed E-state index contributed by atoms with van der Waals surface area (Å²) in [5, 5.41) is 9.89. The number of methoxy groups -OCH3 is 1. The lowest BCUT2D eigenvalue weighted by Gasteiger charge is -2.20. The summed E-state index contributed by atoms with van der Waals surface area (Å²) < 4.78 is 7.24. The lowest BCUT2D eigenvalue weighted by molar-refractivity contribution is -0.129. The standard InChI is InChI=1S/C18H23ClN4O2S/c1-13(17(24)22-9-3-4-10-22)26-18-21-20-16(23(18)11-12-25-2)14-5-7-15(19)8-6-14/h5-8,13H,3-4,9-12H2,1-2H3/t13-/m1/s1. The highest BCUT2D eigenvalue weighted by atomic mass is 35.5. The molecule has 1 aliphatic heterocycles. The number of carbonyl (C=O) groups is 1. The van der Waals surface area contributed by atoms with Gasteiger partial charge in [0.25, 0.3) is 0 Å². The lowest BCUT2D eigenvalue weighted by Crippen LogP contribution is -2.34. The fourth-order valence-electron chi connectivity index (χ4n) is 2.98. The maximum Gasteiger partial charge on any atom is 0.235 e. The zero-order chi connectivity index (χ0) is 18.5. The molecule has 1 amide bonds. The molecule has 140 valence electrons. The second kappa shape index (κ2) is 8.88. The van der Waals surface area contributed by atoms with Gasteiger partial charge in [0.2, 0.25) is 5.91 Å². The Morgan fingerprint density at radius 2 is 1.96 bits per heavy atom. The Balaban J connectivity index is 1.81. The monoisotopic (exact) mass is 394 g/mol. The van der Waals surface area contributed by atoms with Gasteiger partial charge in [-0.1, -0.05) is 23.4 Å². The number of likely N-dealkylation sites (tertiary alicyclic amines) is 1. The number of benzene rings is 1. The van der Waals surface area contributed by atoms with Crippen LogP contribution in [-0.2, 0) is 16.1 Å². The first-order valence-electron chi connectivity index (χ1n) is 8.73. The highest BCUT2D eigenvalue weighted by molar-refractivity contribution is 8.00. The molecule has 6 nitrogen and oxygen atoms in total. The predicted molar refractivity (Wildman–Crippen MR) is 103 cm³/mol. The number of thioether (sulfide) groups is 1. The molecule has 2 heterocycles. The highest BCUT2D eigenvalue weighted by Crippen LogP contribution is 2.28. The van der Waals surface area contributed by atoms with E-state index in [9.17, 15) is 4.79 Å². The summed E-state index contributed by atoms with van der Waals surface area (Å²) in [4.78, 5) is 14.5. The van der Waals surface area contributed by atoms with Crippen molar-refractivity contribution in [3.8, 4) is 11.4 Å². The number of hydrogen-bond donors (Lipinski definition) is 0. The molecule has 0 saturated carbocycles. The minimum Gasteiger partial charge on any atom is -0.383 e. The maximum absolute atomic E-state index is 12.6. The first-order valence-corrected chi connectivity index (χ1v) is 9.99. The largest absolute Gasteiger partial charge is 0.383 e. The van der Waals surface area contributed by atoms with Gasteiger partial charge < -0.3 is 9.64 Å². The van der Waals surface area contributed by atoms with E-state index < -0.39 is 0 Å². The Morgan fingerprint density at radius 1 is 1.27 bits per heavy atom. The number of carbonyl (C=O) groups excluding carboxylic acids is 1. The van der Waals surface area contributed by atoms with Crippen LogP contribution in [0.1, 0.15) is 19.8 Å². The molecule has 1 aromatic carbocycles. The molecule has 0 spiro atoms. The van der Waals surface area contributed by atoms with E-state index in [1.807, 2.05) is 40.7 Å². The van der Waals surface area contributed by atoms with Gasteiger partial charge in [0.05, 0.1) is 18.4 Å². The Hall–Kier alpha value is -1.57. The van der Waals surface area contributed by atoms with Gasteiger partial charge in [-0.25, -0.2) is 0 Å². The van der Waals surface area contributed by atoms with Crippen LogP contribution < -0.4 is 0 Å². The van der Waals surface area contributed by atoms with Crippen molar-refractivity contribution in [3.63, 3.8) is 0 Å². The van der Waals surface area contributed by atoms with Crippen LogP contribution in [-0.4, -0.2) is 57.6 Å². The molecular formula is C18H23ClN4O2S. The van der Waals surface area contributed by atoms with Crippen molar-refractivity contribution in [1.82, 2.24) is 19.7 Å². The zero-order valence-corrected chi connectivity index (χ0v) is 16.6. The molecule has 1 fully saturated rings.